The predicted molar refractivity (Wildman–Crippen MR) is 134 cm³/mol. The average molecular weight is 581 g/mol. The normalized spacial score (nSPS) is 18.7. The Balaban J connectivity index is 1.20. The van der Waals surface area contributed by atoms with E-state index >= 15 is 0 Å². The van der Waals surface area contributed by atoms with Crippen LogP contribution in [0.5, 0.6) is 5.75 Å². The number of amides is 2. The number of nitrogens with one attached hydrogen (secondary N) is 1. The molecule has 38 heavy (non-hydrogen) atoms. The number of aliphatic carboxylic acids is 1. The van der Waals surface area contributed by atoms with Crippen molar-refractivity contribution in [2.45, 2.75) is 29.3 Å². The summed E-state index contributed by atoms with van der Waals surface area (Å²) in [4.78, 5) is 38.8. The van der Waals surface area contributed by atoms with Crippen molar-refractivity contribution in [2.75, 3.05) is 11.5 Å². The smallest absolute Gasteiger partial charge is 0.352 e. The lowest BCUT2D eigenvalue weighted by Crippen LogP contribution is -2.70. The number of β-lactam (4-membered cyclic amide) rings is 1. The van der Waals surface area contributed by atoms with E-state index in [9.17, 15) is 28.3 Å². The van der Waals surface area contributed by atoms with Gasteiger partial charge in [-0.2, -0.15) is 0 Å². The number of nitrogens with zero attached hydrogens (tertiary/aromatic N) is 3. The molecule has 2 amide bonds. The number of aromatic nitrogens is 2. The van der Waals surface area contributed by atoms with Gasteiger partial charge in [-0.05, 0) is 36.8 Å². The molecule has 198 valence electrons. The second kappa shape index (κ2) is 10.7. The quantitative estimate of drug-likeness (QED) is 0.286. The molecule has 5 rings (SSSR count). The number of carbonyl (C=O) groups is 3. The van der Waals surface area contributed by atoms with Crippen molar-refractivity contribution in [1.82, 2.24) is 20.4 Å². The summed E-state index contributed by atoms with van der Waals surface area (Å²) in [6, 6.07) is 4.77. The first-order chi connectivity index (χ1) is 18.2. The number of furan rings is 1. The van der Waals surface area contributed by atoms with Crippen LogP contribution in [0.4, 0.5) is 8.78 Å². The van der Waals surface area contributed by atoms with Crippen LogP contribution >= 0.6 is 34.9 Å². The van der Waals surface area contributed by atoms with Crippen LogP contribution in [-0.4, -0.2) is 60.9 Å². The van der Waals surface area contributed by atoms with Crippen LogP contribution in [0, 0.1) is 18.6 Å². The van der Waals surface area contributed by atoms with Crippen LogP contribution in [0.1, 0.15) is 21.3 Å². The Morgan fingerprint density at radius 3 is 2.82 bits per heavy atom. The summed E-state index contributed by atoms with van der Waals surface area (Å²) < 4.78 is 38.2. The van der Waals surface area contributed by atoms with Crippen LogP contribution in [0.3, 0.4) is 0 Å². The summed E-state index contributed by atoms with van der Waals surface area (Å²) in [5.74, 6) is -3.40. The van der Waals surface area contributed by atoms with Gasteiger partial charge in [-0.3, -0.25) is 14.5 Å². The third-order valence-electron chi connectivity index (χ3n) is 5.56. The zero-order valence-corrected chi connectivity index (χ0v) is 21.9. The summed E-state index contributed by atoms with van der Waals surface area (Å²) in [7, 11) is 0. The lowest BCUT2D eigenvalue weighted by atomic mass is 10.0. The van der Waals surface area contributed by atoms with E-state index in [1.54, 1.807) is 0 Å². The Bertz CT molecular complexity index is 1460. The summed E-state index contributed by atoms with van der Waals surface area (Å²) >= 11 is 4.11. The molecule has 2 atom stereocenters. The number of carboxylic acids is 1. The largest absolute Gasteiger partial charge is 0.483 e. The molecule has 1 fully saturated rings. The van der Waals surface area contributed by atoms with Gasteiger partial charge in [0.25, 0.3) is 11.8 Å². The average Bonchev–Trinajstić information content (AvgIpc) is 3.53. The van der Waals surface area contributed by atoms with Crippen molar-refractivity contribution < 1.29 is 37.4 Å². The maximum atomic E-state index is 13.7. The highest BCUT2D eigenvalue weighted by Gasteiger charge is 2.54. The number of rotatable bonds is 9. The lowest BCUT2D eigenvalue weighted by molar-refractivity contribution is -0.148. The van der Waals surface area contributed by atoms with Crippen molar-refractivity contribution in [1.29, 1.82) is 0 Å². The van der Waals surface area contributed by atoms with Gasteiger partial charge in [0, 0.05) is 17.6 Å². The molecule has 0 aliphatic carbocycles. The molecular weight excluding hydrogens is 562 g/mol. The summed E-state index contributed by atoms with van der Waals surface area (Å²) in [6.07, 6.45) is 0. The molecular formula is C23H18F2N4O6S3. The van der Waals surface area contributed by atoms with Crippen molar-refractivity contribution in [3.63, 3.8) is 0 Å². The van der Waals surface area contributed by atoms with Gasteiger partial charge in [0.2, 0.25) is 0 Å². The SMILES string of the molecule is Cc1nnc(SCC2=C(C(=O)O)N3C(=O)[C@@H](NC(=O)c4ccc(COc5ccc(F)cc5F)o4)[C@H]3SC2)s1. The second-order valence-electron chi connectivity index (χ2n) is 8.12. The highest BCUT2D eigenvalue weighted by atomic mass is 32.2. The molecule has 0 bridgehead atoms. The Morgan fingerprint density at radius 1 is 1.29 bits per heavy atom. The van der Waals surface area contributed by atoms with Gasteiger partial charge in [-0.15, -0.1) is 22.0 Å². The van der Waals surface area contributed by atoms with Gasteiger partial charge in [0.1, 0.15) is 40.3 Å². The fourth-order valence-corrected chi connectivity index (χ4v) is 7.11. The minimum Gasteiger partial charge on any atom is -0.483 e. The minimum atomic E-state index is -1.22. The van der Waals surface area contributed by atoms with Gasteiger partial charge in [0.15, 0.2) is 21.7 Å². The summed E-state index contributed by atoms with van der Waals surface area (Å²) in [5, 5.41) is 20.6. The predicted octanol–water partition coefficient (Wildman–Crippen LogP) is 3.44. The van der Waals surface area contributed by atoms with E-state index in [-0.39, 0.29) is 29.6 Å². The third-order valence-corrected chi connectivity index (χ3v) is 8.96. The molecule has 1 saturated heterocycles. The second-order valence-corrected chi connectivity index (χ2v) is 11.6. The maximum Gasteiger partial charge on any atom is 0.352 e. The number of aryl methyl sites for hydroxylation is 1. The third kappa shape index (κ3) is 5.26. The maximum absolute atomic E-state index is 13.7. The monoisotopic (exact) mass is 580 g/mol. The van der Waals surface area contributed by atoms with E-state index in [0.29, 0.717) is 27.5 Å². The topological polar surface area (TPSA) is 135 Å². The number of fused-ring (bicyclic) bond motifs is 1. The molecule has 2 aromatic heterocycles. The van der Waals surface area contributed by atoms with E-state index in [1.807, 2.05) is 6.92 Å². The number of ether oxygens (including phenoxy) is 1. The number of carboxylic acid groups (broad SMARTS) is 1. The van der Waals surface area contributed by atoms with E-state index in [4.69, 9.17) is 9.15 Å². The van der Waals surface area contributed by atoms with Gasteiger partial charge in [-0.1, -0.05) is 23.1 Å². The Morgan fingerprint density at radius 2 is 2.11 bits per heavy atom. The Hall–Kier alpha value is -3.43. The lowest BCUT2D eigenvalue weighted by Gasteiger charge is -2.49. The number of halogens is 2. The van der Waals surface area contributed by atoms with Crippen molar-refractivity contribution in [3.8, 4) is 5.75 Å². The van der Waals surface area contributed by atoms with Crippen molar-refractivity contribution >= 4 is 52.6 Å². The van der Waals surface area contributed by atoms with E-state index in [1.165, 1.54) is 51.9 Å². The van der Waals surface area contributed by atoms with E-state index < -0.39 is 40.8 Å². The highest BCUT2D eigenvalue weighted by Crippen LogP contribution is 2.42. The van der Waals surface area contributed by atoms with E-state index in [0.717, 1.165) is 17.1 Å². The molecule has 0 spiro atoms. The molecule has 0 saturated carbocycles. The zero-order chi connectivity index (χ0) is 27.0. The molecule has 0 radical (unpaired) electrons. The number of thioether (sulfide) groups is 2. The Labute approximate surface area is 226 Å². The van der Waals surface area contributed by atoms with E-state index in [2.05, 4.69) is 15.5 Å². The first-order valence-corrected chi connectivity index (χ1v) is 13.9. The molecule has 3 aromatic rings. The summed E-state index contributed by atoms with van der Waals surface area (Å²) in [5.41, 5.74) is 0.506. The number of hydrogen-bond donors (Lipinski definition) is 2. The van der Waals surface area contributed by atoms with Gasteiger partial charge < -0.3 is 19.6 Å². The van der Waals surface area contributed by atoms with Crippen LogP contribution in [0.15, 0.2) is 50.4 Å². The highest BCUT2D eigenvalue weighted by molar-refractivity contribution is 8.01. The molecule has 2 aliphatic rings. The molecule has 2 aliphatic heterocycles. The standard InChI is InChI=1S/C23H18F2N4O6S3/c1-10-27-28-23(38-10)37-9-11-8-36-21-17(20(31)29(21)18(11)22(32)33)26-19(30)16-5-3-13(35-16)7-34-15-4-2-12(24)6-14(15)25/h2-6,17,21H,7-9H2,1H3,(H,26,30)(H,32,33)/t17-,21-/m1/s1. The fraction of sp³-hybridized carbons (Fsp3) is 0.261. The van der Waals surface area contributed by atoms with Crippen LogP contribution in [-0.2, 0) is 16.2 Å². The minimum absolute atomic E-state index is 0.0801. The molecule has 10 nitrogen and oxygen atoms in total. The molecule has 15 heteroatoms. The molecule has 0 unspecified atom stereocenters. The number of carbonyl (C=O) groups excluding carboxylic acids is 2. The van der Waals surface area contributed by atoms with Crippen molar-refractivity contribution in [3.05, 3.63) is 69.8 Å². The summed E-state index contributed by atoms with van der Waals surface area (Å²) in [6.45, 7) is 1.61. The van der Waals surface area contributed by atoms with Gasteiger partial charge >= 0.3 is 5.97 Å². The fourth-order valence-electron chi connectivity index (χ4n) is 3.81. The molecule has 1 aromatic carbocycles. The molecule has 4 heterocycles. The zero-order valence-electron chi connectivity index (χ0n) is 19.5. The first kappa shape index (κ1) is 26.2. The molecule has 2 N–H and O–H groups in total. The number of hydrogen-bond acceptors (Lipinski definition) is 10. The van der Waals surface area contributed by atoms with Gasteiger partial charge in [-0.25, -0.2) is 13.6 Å². The van der Waals surface area contributed by atoms with Gasteiger partial charge in [0.05, 0.1) is 0 Å². The first-order valence-electron chi connectivity index (χ1n) is 11.0. The van der Waals surface area contributed by atoms with Crippen LogP contribution in [0.2, 0.25) is 0 Å². The number of benzene rings is 1. The van der Waals surface area contributed by atoms with Crippen LogP contribution in [0.25, 0.3) is 0 Å². The van der Waals surface area contributed by atoms with Crippen LogP contribution < -0.4 is 10.1 Å². The Kier molecular flexibility index (Phi) is 7.40. The van der Waals surface area contributed by atoms with Crippen molar-refractivity contribution in [2.24, 2.45) is 0 Å².